The van der Waals surface area contributed by atoms with Crippen molar-refractivity contribution in [3.8, 4) is 0 Å². The Morgan fingerprint density at radius 1 is 1.16 bits per heavy atom. The van der Waals surface area contributed by atoms with E-state index in [0.29, 0.717) is 34.7 Å². The molecule has 0 spiro atoms. The van der Waals surface area contributed by atoms with Crippen LogP contribution < -0.4 is 5.32 Å². The van der Waals surface area contributed by atoms with Crippen LogP contribution in [0.15, 0.2) is 42.5 Å². The van der Waals surface area contributed by atoms with Gasteiger partial charge < -0.3 is 5.32 Å². The molecule has 0 aliphatic heterocycles. The highest BCUT2D eigenvalue weighted by molar-refractivity contribution is 6.31. The molecule has 132 valence electrons. The monoisotopic (exact) mass is 380 g/mol. The van der Waals surface area contributed by atoms with Crippen molar-refractivity contribution in [1.82, 2.24) is 10.2 Å². The molecule has 0 radical (unpaired) electrons. The van der Waals surface area contributed by atoms with Crippen LogP contribution in [0.1, 0.15) is 24.0 Å². The van der Waals surface area contributed by atoms with Gasteiger partial charge in [-0.1, -0.05) is 41.4 Å². The molecule has 0 bridgehead atoms. The molecule has 1 aliphatic carbocycles. The van der Waals surface area contributed by atoms with Crippen molar-refractivity contribution in [2.75, 3.05) is 6.54 Å². The summed E-state index contributed by atoms with van der Waals surface area (Å²) in [6.07, 6.45) is 2.05. The van der Waals surface area contributed by atoms with Crippen LogP contribution in [0, 0.1) is 5.82 Å². The smallest absolute Gasteiger partial charge is 0.234 e. The molecular formula is C19H19Cl2FN2O. The van der Waals surface area contributed by atoms with Crippen LogP contribution in [-0.2, 0) is 17.9 Å². The van der Waals surface area contributed by atoms with Crippen LogP contribution in [0.2, 0.25) is 10.0 Å². The largest absolute Gasteiger partial charge is 0.351 e. The van der Waals surface area contributed by atoms with E-state index in [9.17, 15) is 9.18 Å². The third-order valence-electron chi connectivity index (χ3n) is 4.24. The number of carbonyl (C=O) groups excluding carboxylic acids is 1. The predicted octanol–water partition coefficient (Wildman–Crippen LogP) is 4.41. The van der Waals surface area contributed by atoms with Gasteiger partial charge in [-0.2, -0.15) is 0 Å². The lowest BCUT2D eigenvalue weighted by Gasteiger charge is -2.22. The molecule has 2 aromatic rings. The molecule has 0 aromatic heterocycles. The van der Waals surface area contributed by atoms with Crippen molar-refractivity contribution < 1.29 is 9.18 Å². The van der Waals surface area contributed by atoms with E-state index in [1.54, 1.807) is 24.3 Å². The summed E-state index contributed by atoms with van der Waals surface area (Å²) in [6.45, 7) is 1.00. The van der Waals surface area contributed by atoms with E-state index >= 15 is 0 Å². The Hall–Kier alpha value is -1.62. The van der Waals surface area contributed by atoms with Crippen molar-refractivity contribution in [2.24, 2.45) is 0 Å². The van der Waals surface area contributed by atoms with E-state index in [-0.39, 0.29) is 18.3 Å². The summed E-state index contributed by atoms with van der Waals surface area (Å²) in [7, 11) is 0. The molecule has 0 atom stereocenters. The lowest BCUT2D eigenvalue weighted by molar-refractivity contribution is -0.122. The minimum absolute atomic E-state index is 0.0886. The number of halogens is 3. The number of nitrogens with zero attached hydrogens (tertiary/aromatic N) is 1. The molecule has 1 fully saturated rings. The molecule has 0 heterocycles. The molecule has 25 heavy (non-hydrogen) atoms. The number of amides is 1. The second-order valence-electron chi connectivity index (χ2n) is 6.24. The van der Waals surface area contributed by atoms with Gasteiger partial charge in [-0.05, 0) is 42.7 Å². The highest BCUT2D eigenvalue weighted by atomic mass is 35.5. The first-order valence-electron chi connectivity index (χ1n) is 8.21. The molecule has 3 nitrogen and oxygen atoms in total. The summed E-state index contributed by atoms with van der Waals surface area (Å²) in [4.78, 5) is 14.3. The number of benzene rings is 2. The summed E-state index contributed by atoms with van der Waals surface area (Å²) in [5.41, 5.74) is 1.43. The first-order valence-corrected chi connectivity index (χ1v) is 8.96. The summed E-state index contributed by atoms with van der Waals surface area (Å²) >= 11 is 12.0. The minimum Gasteiger partial charge on any atom is -0.351 e. The maximum Gasteiger partial charge on any atom is 0.234 e. The summed E-state index contributed by atoms with van der Waals surface area (Å²) in [5.74, 6) is -0.422. The van der Waals surface area contributed by atoms with Gasteiger partial charge in [0.1, 0.15) is 5.82 Å². The van der Waals surface area contributed by atoms with Gasteiger partial charge in [0.25, 0.3) is 0 Å². The Labute approximate surface area is 156 Å². The van der Waals surface area contributed by atoms with E-state index in [1.165, 1.54) is 6.07 Å². The van der Waals surface area contributed by atoms with Crippen LogP contribution in [0.5, 0.6) is 0 Å². The molecule has 1 aliphatic rings. The van der Waals surface area contributed by atoms with Gasteiger partial charge in [-0.15, -0.1) is 0 Å². The Balaban J connectivity index is 1.58. The van der Waals surface area contributed by atoms with Crippen LogP contribution in [0.25, 0.3) is 0 Å². The van der Waals surface area contributed by atoms with Crippen LogP contribution >= 0.6 is 23.2 Å². The Morgan fingerprint density at radius 3 is 2.52 bits per heavy atom. The zero-order valence-electron chi connectivity index (χ0n) is 13.6. The Morgan fingerprint density at radius 2 is 1.88 bits per heavy atom. The normalized spacial score (nSPS) is 13.9. The van der Waals surface area contributed by atoms with E-state index in [0.717, 1.165) is 18.4 Å². The summed E-state index contributed by atoms with van der Waals surface area (Å²) < 4.78 is 14.0. The van der Waals surface area contributed by atoms with Crippen molar-refractivity contribution in [2.45, 2.75) is 32.0 Å². The number of hydrogen-bond donors (Lipinski definition) is 1. The molecule has 6 heteroatoms. The molecule has 1 N–H and O–H groups in total. The summed E-state index contributed by atoms with van der Waals surface area (Å²) in [6, 6.07) is 12.3. The first-order chi connectivity index (χ1) is 12.0. The quantitative estimate of drug-likeness (QED) is 0.771. The topological polar surface area (TPSA) is 32.3 Å². The lowest BCUT2D eigenvalue weighted by Crippen LogP contribution is -2.38. The molecule has 1 amide bonds. The van der Waals surface area contributed by atoms with Crippen LogP contribution in [-0.4, -0.2) is 23.4 Å². The standard InChI is InChI=1S/C19H19Cl2FN2O/c20-14-6-4-13(5-7-14)10-23-19(25)12-24(15-8-9-15)11-16-17(21)2-1-3-18(16)22/h1-7,15H,8-12H2,(H,23,25). The third kappa shape index (κ3) is 5.18. The van der Waals surface area contributed by atoms with E-state index in [4.69, 9.17) is 23.2 Å². The SMILES string of the molecule is O=C(CN(Cc1c(F)cccc1Cl)C1CC1)NCc1ccc(Cl)cc1. The van der Waals surface area contributed by atoms with Crippen molar-refractivity contribution in [3.05, 3.63) is 69.5 Å². The van der Waals surface area contributed by atoms with Crippen molar-refractivity contribution >= 4 is 29.1 Å². The van der Waals surface area contributed by atoms with Crippen molar-refractivity contribution in [1.29, 1.82) is 0 Å². The fourth-order valence-electron chi connectivity index (χ4n) is 2.68. The van der Waals surface area contributed by atoms with Crippen molar-refractivity contribution in [3.63, 3.8) is 0 Å². The number of hydrogen-bond acceptors (Lipinski definition) is 2. The van der Waals surface area contributed by atoms with E-state index < -0.39 is 0 Å². The lowest BCUT2D eigenvalue weighted by atomic mass is 10.2. The second-order valence-corrected chi connectivity index (χ2v) is 7.08. The van der Waals surface area contributed by atoms with Crippen LogP contribution in [0.4, 0.5) is 4.39 Å². The predicted molar refractivity (Wildman–Crippen MR) is 98.1 cm³/mol. The molecule has 1 saturated carbocycles. The van der Waals surface area contributed by atoms with Crippen LogP contribution in [0.3, 0.4) is 0 Å². The first kappa shape index (κ1) is 18.2. The molecular weight excluding hydrogens is 362 g/mol. The third-order valence-corrected chi connectivity index (χ3v) is 4.84. The molecule has 0 saturated heterocycles. The fourth-order valence-corrected chi connectivity index (χ4v) is 3.03. The van der Waals surface area contributed by atoms with Gasteiger partial charge >= 0.3 is 0 Å². The van der Waals surface area contributed by atoms with Gasteiger partial charge in [0, 0.05) is 34.7 Å². The maximum atomic E-state index is 14.0. The molecule has 2 aromatic carbocycles. The zero-order chi connectivity index (χ0) is 17.8. The highest BCUT2D eigenvalue weighted by Crippen LogP contribution is 2.30. The highest BCUT2D eigenvalue weighted by Gasteiger charge is 2.31. The maximum absolute atomic E-state index is 14.0. The number of nitrogens with one attached hydrogen (secondary N) is 1. The minimum atomic E-state index is -0.334. The average molecular weight is 381 g/mol. The van der Waals surface area contributed by atoms with Gasteiger partial charge in [0.2, 0.25) is 5.91 Å². The van der Waals surface area contributed by atoms with Gasteiger partial charge in [-0.25, -0.2) is 4.39 Å². The van der Waals surface area contributed by atoms with Gasteiger partial charge in [-0.3, -0.25) is 9.69 Å². The zero-order valence-corrected chi connectivity index (χ0v) is 15.2. The average Bonchev–Trinajstić information content (AvgIpc) is 3.42. The molecule has 0 unspecified atom stereocenters. The fraction of sp³-hybridized carbons (Fsp3) is 0.316. The second kappa shape index (κ2) is 8.17. The van der Waals surface area contributed by atoms with E-state index in [2.05, 4.69) is 5.32 Å². The Bertz CT molecular complexity index is 727. The van der Waals surface area contributed by atoms with E-state index in [1.807, 2.05) is 17.0 Å². The van der Waals surface area contributed by atoms with Gasteiger partial charge in [0.15, 0.2) is 0 Å². The summed E-state index contributed by atoms with van der Waals surface area (Å²) in [5, 5.41) is 3.96. The Kier molecular flexibility index (Phi) is 5.94. The van der Waals surface area contributed by atoms with Gasteiger partial charge in [0.05, 0.1) is 6.54 Å². The molecule has 3 rings (SSSR count). The number of rotatable bonds is 7. The number of carbonyl (C=O) groups is 1.